The molecule has 0 aliphatic carbocycles. The number of rotatable bonds is 7. The number of hydrogen-bond acceptors (Lipinski definition) is 4. The second-order valence-corrected chi connectivity index (χ2v) is 7.03. The van der Waals surface area contributed by atoms with Crippen LogP contribution in [0, 0.1) is 6.92 Å². The summed E-state index contributed by atoms with van der Waals surface area (Å²) in [6.45, 7) is 7.38. The summed E-state index contributed by atoms with van der Waals surface area (Å²) in [5.41, 5.74) is 3.36. The SMILES string of the molecule is CN=C(NCc1ccnc(-n2cccn2)c1)NCc1ccc(C)cc1OC(C)C.I. The van der Waals surface area contributed by atoms with Crippen LogP contribution in [-0.4, -0.2) is 33.9 Å². The molecule has 0 aliphatic rings. The monoisotopic (exact) mass is 520 g/mol. The molecule has 0 fully saturated rings. The van der Waals surface area contributed by atoms with Crippen molar-refractivity contribution in [2.75, 3.05) is 7.05 Å². The highest BCUT2D eigenvalue weighted by molar-refractivity contribution is 14.0. The summed E-state index contributed by atoms with van der Waals surface area (Å²) in [7, 11) is 1.76. The maximum Gasteiger partial charge on any atom is 0.191 e. The van der Waals surface area contributed by atoms with Gasteiger partial charge in [-0.15, -0.1) is 24.0 Å². The van der Waals surface area contributed by atoms with Crippen LogP contribution >= 0.6 is 24.0 Å². The van der Waals surface area contributed by atoms with Crippen molar-refractivity contribution in [3.05, 3.63) is 71.7 Å². The molecule has 2 N–H and O–H groups in total. The van der Waals surface area contributed by atoms with Gasteiger partial charge in [-0.2, -0.15) is 5.10 Å². The Morgan fingerprint density at radius 3 is 2.63 bits per heavy atom. The van der Waals surface area contributed by atoms with E-state index in [0.717, 1.165) is 28.7 Å². The van der Waals surface area contributed by atoms with Crippen LogP contribution in [0.1, 0.15) is 30.5 Å². The molecule has 0 bridgehead atoms. The van der Waals surface area contributed by atoms with E-state index < -0.39 is 0 Å². The van der Waals surface area contributed by atoms with E-state index in [2.05, 4.69) is 50.8 Å². The Balaban J connectivity index is 0.00000320. The molecule has 160 valence electrons. The van der Waals surface area contributed by atoms with Gasteiger partial charge >= 0.3 is 0 Å². The van der Waals surface area contributed by atoms with Gasteiger partial charge in [0.05, 0.1) is 6.10 Å². The molecule has 0 aliphatic heterocycles. The van der Waals surface area contributed by atoms with E-state index >= 15 is 0 Å². The predicted octanol–water partition coefficient (Wildman–Crippen LogP) is 3.85. The van der Waals surface area contributed by atoms with Crippen LogP contribution in [0.25, 0.3) is 5.82 Å². The summed E-state index contributed by atoms with van der Waals surface area (Å²) in [6, 6.07) is 12.1. The molecule has 0 radical (unpaired) electrons. The molecular weight excluding hydrogens is 491 g/mol. The maximum absolute atomic E-state index is 5.95. The lowest BCUT2D eigenvalue weighted by atomic mass is 10.1. The average molecular weight is 520 g/mol. The fraction of sp³-hybridized carbons (Fsp3) is 0.318. The summed E-state index contributed by atoms with van der Waals surface area (Å²) in [6.07, 6.45) is 5.52. The van der Waals surface area contributed by atoms with E-state index in [4.69, 9.17) is 4.74 Å². The van der Waals surface area contributed by atoms with Crippen LogP contribution < -0.4 is 15.4 Å². The fourth-order valence-corrected chi connectivity index (χ4v) is 2.86. The molecule has 3 rings (SSSR count). The first-order chi connectivity index (χ1) is 14.0. The van der Waals surface area contributed by atoms with Gasteiger partial charge in [-0.25, -0.2) is 9.67 Å². The number of aryl methyl sites for hydroxylation is 1. The summed E-state index contributed by atoms with van der Waals surface area (Å²) < 4.78 is 7.69. The quantitative estimate of drug-likeness (QED) is 0.281. The molecular formula is C22H29IN6O. The molecule has 0 amide bonds. The standard InChI is InChI=1S/C22H28N6O.HI/c1-16(2)29-20-12-17(3)6-7-19(20)15-26-22(23-4)25-14-18-8-10-24-21(13-18)28-11-5-9-27-28;/h5-13,16H,14-15H2,1-4H3,(H2,23,25,26);1H. The minimum atomic E-state index is 0. The number of pyridine rings is 1. The van der Waals surface area contributed by atoms with Gasteiger partial charge < -0.3 is 15.4 Å². The van der Waals surface area contributed by atoms with Crippen LogP contribution in [0.15, 0.2) is 60.0 Å². The predicted molar refractivity (Wildman–Crippen MR) is 131 cm³/mol. The summed E-state index contributed by atoms with van der Waals surface area (Å²) in [4.78, 5) is 8.68. The molecule has 0 saturated carbocycles. The van der Waals surface area contributed by atoms with Crippen molar-refractivity contribution in [1.82, 2.24) is 25.4 Å². The van der Waals surface area contributed by atoms with E-state index in [1.54, 1.807) is 24.1 Å². The number of benzene rings is 1. The molecule has 30 heavy (non-hydrogen) atoms. The molecule has 7 nitrogen and oxygen atoms in total. The number of nitrogens with zero attached hydrogens (tertiary/aromatic N) is 4. The first-order valence-corrected chi connectivity index (χ1v) is 9.71. The van der Waals surface area contributed by atoms with Gasteiger partial charge in [-0.05, 0) is 56.2 Å². The Labute approximate surface area is 195 Å². The molecule has 0 saturated heterocycles. The minimum Gasteiger partial charge on any atom is -0.491 e. The molecule has 2 heterocycles. The topological polar surface area (TPSA) is 76.4 Å². The first kappa shape index (κ1) is 23.7. The molecule has 3 aromatic rings. The highest BCUT2D eigenvalue weighted by Gasteiger charge is 2.08. The fourth-order valence-electron chi connectivity index (χ4n) is 2.86. The van der Waals surface area contributed by atoms with Crippen molar-refractivity contribution in [2.45, 2.75) is 40.0 Å². The molecule has 1 aromatic carbocycles. The van der Waals surface area contributed by atoms with Crippen molar-refractivity contribution >= 4 is 29.9 Å². The summed E-state index contributed by atoms with van der Waals surface area (Å²) >= 11 is 0. The Kier molecular flexibility index (Phi) is 9.10. The Morgan fingerprint density at radius 1 is 1.13 bits per heavy atom. The third-order valence-electron chi connectivity index (χ3n) is 4.26. The second kappa shape index (κ2) is 11.5. The highest BCUT2D eigenvalue weighted by atomic mass is 127. The van der Waals surface area contributed by atoms with E-state index in [9.17, 15) is 0 Å². The zero-order valence-electron chi connectivity index (χ0n) is 17.8. The number of halogens is 1. The van der Waals surface area contributed by atoms with Crippen molar-refractivity contribution in [1.29, 1.82) is 0 Å². The van der Waals surface area contributed by atoms with Gasteiger partial charge in [0.2, 0.25) is 0 Å². The number of aliphatic imine (C=N–C) groups is 1. The summed E-state index contributed by atoms with van der Waals surface area (Å²) in [5.74, 6) is 2.41. The number of nitrogens with one attached hydrogen (secondary N) is 2. The zero-order valence-corrected chi connectivity index (χ0v) is 20.1. The van der Waals surface area contributed by atoms with Crippen LogP contribution in [0.2, 0.25) is 0 Å². The zero-order chi connectivity index (χ0) is 20.6. The molecule has 0 spiro atoms. The lowest BCUT2D eigenvalue weighted by molar-refractivity contribution is 0.239. The second-order valence-electron chi connectivity index (χ2n) is 7.03. The highest BCUT2D eigenvalue weighted by Crippen LogP contribution is 2.21. The smallest absolute Gasteiger partial charge is 0.191 e. The van der Waals surface area contributed by atoms with Crippen molar-refractivity contribution in [2.24, 2.45) is 4.99 Å². The van der Waals surface area contributed by atoms with E-state index in [1.165, 1.54) is 5.56 Å². The number of hydrogen-bond donors (Lipinski definition) is 2. The number of aromatic nitrogens is 3. The summed E-state index contributed by atoms with van der Waals surface area (Å²) in [5, 5.41) is 10.9. The van der Waals surface area contributed by atoms with Crippen LogP contribution in [-0.2, 0) is 13.1 Å². The van der Waals surface area contributed by atoms with Crippen LogP contribution in [0.5, 0.6) is 5.75 Å². The Morgan fingerprint density at radius 2 is 1.93 bits per heavy atom. The first-order valence-electron chi connectivity index (χ1n) is 9.71. The number of ether oxygens (including phenoxy) is 1. The molecule has 0 atom stereocenters. The van der Waals surface area contributed by atoms with Crippen molar-refractivity contribution in [3.8, 4) is 11.6 Å². The molecule has 8 heteroatoms. The lowest BCUT2D eigenvalue weighted by Gasteiger charge is -2.17. The third-order valence-corrected chi connectivity index (χ3v) is 4.26. The lowest BCUT2D eigenvalue weighted by Crippen LogP contribution is -2.36. The van der Waals surface area contributed by atoms with E-state index in [0.29, 0.717) is 13.1 Å². The Hall–Kier alpha value is -2.62. The average Bonchev–Trinajstić information content (AvgIpc) is 3.24. The van der Waals surface area contributed by atoms with E-state index in [-0.39, 0.29) is 30.1 Å². The number of guanidine groups is 1. The van der Waals surface area contributed by atoms with Gasteiger partial charge in [0.15, 0.2) is 11.8 Å². The van der Waals surface area contributed by atoms with Gasteiger partial charge in [-0.3, -0.25) is 4.99 Å². The van der Waals surface area contributed by atoms with Crippen LogP contribution in [0.3, 0.4) is 0 Å². The molecule has 2 aromatic heterocycles. The van der Waals surface area contributed by atoms with Crippen molar-refractivity contribution in [3.63, 3.8) is 0 Å². The van der Waals surface area contributed by atoms with Crippen LogP contribution in [0.4, 0.5) is 0 Å². The van der Waals surface area contributed by atoms with Gasteiger partial charge in [0.25, 0.3) is 0 Å². The van der Waals surface area contributed by atoms with Gasteiger partial charge in [0, 0.05) is 44.3 Å². The third kappa shape index (κ3) is 6.72. The van der Waals surface area contributed by atoms with Gasteiger partial charge in [-0.1, -0.05) is 12.1 Å². The normalized spacial score (nSPS) is 11.2. The largest absolute Gasteiger partial charge is 0.491 e. The van der Waals surface area contributed by atoms with E-state index in [1.807, 2.05) is 38.2 Å². The maximum atomic E-state index is 5.95. The minimum absolute atomic E-state index is 0. The van der Waals surface area contributed by atoms with Crippen molar-refractivity contribution < 1.29 is 4.74 Å². The van der Waals surface area contributed by atoms with Gasteiger partial charge in [0.1, 0.15) is 5.75 Å². The molecule has 0 unspecified atom stereocenters. The Bertz CT molecular complexity index is 956.